The van der Waals surface area contributed by atoms with Crippen molar-refractivity contribution >= 4 is 17.0 Å². The molecule has 2 rings (SSSR count). The number of hydrogen-bond donors (Lipinski definition) is 2. The Hall–Kier alpha value is -0.540. The van der Waals surface area contributed by atoms with Crippen LogP contribution in [0, 0.1) is 0 Å². The van der Waals surface area contributed by atoms with Crippen molar-refractivity contribution in [3.05, 3.63) is 29.8 Å². The van der Waals surface area contributed by atoms with E-state index in [1.807, 2.05) is 19.2 Å². The predicted molar refractivity (Wildman–Crippen MR) is 77.1 cm³/mol. The average molecular weight is 300 g/mol. The summed E-state index contributed by atoms with van der Waals surface area (Å²) in [5.41, 5.74) is 1.76. The summed E-state index contributed by atoms with van der Waals surface area (Å²) in [5.74, 6) is 0.366. The summed E-state index contributed by atoms with van der Waals surface area (Å²) in [5, 5.41) is 12.6. The van der Waals surface area contributed by atoms with Crippen molar-refractivity contribution in [2.45, 2.75) is 37.5 Å². The Morgan fingerprint density at radius 3 is 2.29 bits per heavy atom. The number of nitrogens with one attached hydrogen (secondary N) is 1. The molecule has 1 fully saturated rings. The standard InChI is InChI=1S/C14H21NO.BrH/c1-15-11-10-14(8-2-3-9-14)12-4-6-13(16)7-5-12;/h4-7,15-16H,2-3,8-11H2,1H3;1H. The van der Waals surface area contributed by atoms with E-state index in [1.165, 1.54) is 37.7 Å². The summed E-state index contributed by atoms with van der Waals surface area (Å²) in [6, 6.07) is 7.82. The first kappa shape index (κ1) is 14.5. The lowest BCUT2D eigenvalue weighted by atomic mass is 9.76. The quantitative estimate of drug-likeness (QED) is 0.893. The lowest BCUT2D eigenvalue weighted by molar-refractivity contribution is 0.398. The van der Waals surface area contributed by atoms with Crippen LogP contribution in [-0.2, 0) is 5.41 Å². The lowest BCUT2D eigenvalue weighted by Gasteiger charge is -2.29. The zero-order valence-corrected chi connectivity index (χ0v) is 12.1. The molecule has 1 aromatic carbocycles. The SMILES string of the molecule is Br.CNCCC1(c2ccc(O)cc2)CCCC1. The first-order valence-electron chi connectivity index (χ1n) is 6.21. The van der Waals surface area contributed by atoms with Crippen LogP contribution in [0.2, 0.25) is 0 Å². The molecule has 1 aromatic rings. The second kappa shape index (κ2) is 6.41. The summed E-state index contributed by atoms with van der Waals surface area (Å²) in [6.45, 7) is 1.07. The predicted octanol–water partition coefficient (Wildman–Crippen LogP) is 3.39. The number of phenols is 1. The molecule has 0 bridgehead atoms. The third kappa shape index (κ3) is 3.23. The van der Waals surface area contributed by atoms with Crippen LogP contribution in [0.4, 0.5) is 0 Å². The molecule has 0 saturated heterocycles. The molecule has 2 nitrogen and oxygen atoms in total. The van der Waals surface area contributed by atoms with E-state index in [4.69, 9.17) is 0 Å². The van der Waals surface area contributed by atoms with Gasteiger partial charge in [0.25, 0.3) is 0 Å². The Kier molecular flexibility index (Phi) is 5.47. The normalized spacial score (nSPS) is 17.7. The smallest absolute Gasteiger partial charge is 0.115 e. The van der Waals surface area contributed by atoms with Gasteiger partial charge in [-0.25, -0.2) is 0 Å². The molecule has 2 N–H and O–H groups in total. The van der Waals surface area contributed by atoms with Crippen LogP contribution in [0.15, 0.2) is 24.3 Å². The zero-order chi connectivity index (χ0) is 11.4. The molecule has 0 atom stereocenters. The summed E-state index contributed by atoms with van der Waals surface area (Å²) in [4.78, 5) is 0. The van der Waals surface area contributed by atoms with E-state index >= 15 is 0 Å². The molecule has 0 radical (unpaired) electrons. The van der Waals surface area contributed by atoms with Gasteiger partial charge in [-0.05, 0) is 56.0 Å². The molecule has 1 aliphatic rings. The molecular formula is C14H22BrNO. The van der Waals surface area contributed by atoms with Crippen molar-refractivity contribution in [2.75, 3.05) is 13.6 Å². The molecule has 96 valence electrons. The van der Waals surface area contributed by atoms with Gasteiger partial charge >= 0.3 is 0 Å². The second-order valence-corrected chi connectivity index (χ2v) is 4.89. The molecule has 1 aliphatic carbocycles. The van der Waals surface area contributed by atoms with E-state index < -0.39 is 0 Å². The van der Waals surface area contributed by atoms with Crippen LogP contribution in [-0.4, -0.2) is 18.7 Å². The van der Waals surface area contributed by atoms with Crippen molar-refractivity contribution < 1.29 is 5.11 Å². The lowest BCUT2D eigenvalue weighted by Crippen LogP contribution is -2.27. The first-order valence-corrected chi connectivity index (χ1v) is 6.21. The Bertz CT molecular complexity index is 331. The Morgan fingerprint density at radius 2 is 1.76 bits per heavy atom. The molecular weight excluding hydrogens is 278 g/mol. The van der Waals surface area contributed by atoms with Gasteiger partial charge in [-0.2, -0.15) is 0 Å². The minimum absolute atomic E-state index is 0. The maximum absolute atomic E-state index is 9.35. The molecule has 0 aliphatic heterocycles. The molecule has 0 aromatic heterocycles. The average Bonchev–Trinajstić information content (AvgIpc) is 2.77. The molecule has 3 heteroatoms. The van der Waals surface area contributed by atoms with Gasteiger partial charge in [0.1, 0.15) is 5.75 Å². The van der Waals surface area contributed by atoms with E-state index in [9.17, 15) is 5.11 Å². The first-order chi connectivity index (χ1) is 7.77. The van der Waals surface area contributed by atoms with E-state index in [2.05, 4.69) is 17.4 Å². The van der Waals surface area contributed by atoms with Gasteiger partial charge < -0.3 is 10.4 Å². The third-order valence-corrected chi connectivity index (χ3v) is 3.89. The van der Waals surface area contributed by atoms with E-state index in [0.29, 0.717) is 11.2 Å². The minimum Gasteiger partial charge on any atom is -0.508 e. The van der Waals surface area contributed by atoms with Crippen LogP contribution in [0.1, 0.15) is 37.7 Å². The highest BCUT2D eigenvalue weighted by atomic mass is 79.9. The number of phenolic OH excluding ortho intramolecular Hbond substituents is 1. The van der Waals surface area contributed by atoms with Gasteiger partial charge in [0.2, 0.25) is 0 Å². The van der Waals surface area contributed by atoms with Gasteiger partial charge in [-0.1, -0.05) is 25.0 Å². The van der Waals surface area contributed by atoms with Gasteiger partial charge in [0, 0.05) is 0 Å². The highest BCUT2D eigenvalue weighted by Crippen LogP contribution is 2.43. The Labute approximate surface area is 114 Å². The van der Waals surface area contributed by atoms with Crippen LogP contribution in [0.5, 0.6) is 5.75 Å². The largest absolute Gasteiger partial charge is 0.508 e. The Balaban J connectivity index is 0.00000144. The van der Waals surface area contributed by atoms with Crippen LogP contribution < -0.4 is 5.32 Å². The molecule has 0 amide bonds. The highest BCUT2D eigenvalue weighted by Gasteiger charge is 2.34. The zero-order valence-electron chi connectivity index (χ0n) is 10.4. The van der Waals surface area contributed by atoms with E-state index in [-0.39, 0.29) is 17.0 Å². The maximum Gasteiger partial charge on any atom is 0.115 e. The van der Waals surface area contributed by atoms with Crippen molar-refractivity contribution in [3.63, 3.8) is 0 Å². The summed E-state index contributed by atoms with van der Waals surface area (Å²) >= 11 is 0. The summed E-state index contributed by atoms with van der Waals surface area (Å²) < 4.78 is 0. The van der Waals surface area contributed by atoms with Crippen LogP contribution >= 0.6 is 17.0 Å². The summed E-state index contributed by atoms with van der Waals surface area (Å²) in [6.07, 6.45) is 6.46. The number of halogens is 1. The van der Waals surface area contributed by atoms with Crippen molar-refractivity contribution in [2.24, 2.45) is 0 Å². The third-order valence-electron chi connectivity index (χ3n) is 3.89. The van der Waals surface area contributed by atoms with Crippen LogP contribution in [0.3, 0.4) is 0 Å². The molecule has 17 heavy (non-hydrogen) atoms. The monoisotopic (exact) mass is 299 g/mol. The maximum atomic E-state index is 9.35. The molecule has 0 unspecified atom stereocenters. The number of benzene rings is 1. The van der Waals surface area contributed by atoms with Gasteiger partial charge in [-0.3, -0.25) is 0 Å². The van der Waals surface area contributed by atoms with E-state index in [0.717, 1.165) is 6.54 Å². The van der Waals surface area contributed by atoms with Crippen molar-refractivity contribution in [1.82, 2.24) is 5.32 Å². The van der Waals surface area contributed by atoms with Crippen molar-refractivity contribution in [1.29, 1.82) is 0 Å². The molecule has 0 heterocycles. The van der Waals surface area contributed by atoms with Gasteiger partial charge in [0.15, 0.2) is 0 Å². The molecule has 0 spiro atoms. The van der Waals surface area contributed by atoms with E-state index in [1.54, 1.807) is 0 Å². The number of rotatable bonds is 4. The number of aromatic hydroxyl groups is 1. The van der Waals surface area contributed by atoms with Crippen LogP contribution in [0.25, 0.3) is 0 Å². The number of hydrogen-bond acceptors (Lipinski definition) is 2. The Morgan fingerprint density at radius 1 is 1.18 bits per heavy atom. The molecule has 1 saturated carbocycles. The van der Waals surface area contributed by atoms with Crippen molar-refractivity contribution in [3.8, 4) is 5.75 Å². The topological polar surface area (TPSA) is 32.3 Å². The second-order valence-electron chi connectivity index (χ2n) is 4.89. The fourth-order valence-electron chi connectivity index (χ4n) is 2.91. The highest BCUT2D eigenvalue weighted by molar-refractivity contribution is 8.93. The van der Waals surface area contributed by atoms with Gasteiger partial charge in [0.05, 0.1) is 0 Å². The minimum atomic E-state index is 0. The van der Waals surface area contributed by atoms with Gasteiger partial charge in [-0.15, -0.1) is 17.0 Å². The fraction of sp³-hybridized carbons (Fsp3) is 0.571. The summed E-state index contributed by atoms with van der Waals surface area (Å²) in [7, 11) is 2.01. The fourth-order valence-corrected chi connectivity index (χ4v) is 2.91.